The number of thiazole rings is 1. The summed E-state index contributed by atoms with van der Waals surface area (Å²) in [5, 5.41) is 0.625. The summed E-state index contributed by atoms with van der Waals surface area (Å²) in [6.45, 7) is 0. The number of nitrogen functional groups attached to an aromatic ring is 1. The topological polar surface area (TPSA) is 42.1 Å². The van der Waals surface area contributed by atoms with E-state index in [-0.39, 0.29) is 0 Å². The molecule has 0 atom stereocenters. The number of hydrogen-bond donors (Lipinski definition) is 1. The molecule has 0 saturated heterocycles. The van der Waals surface area contributed by atoms with Crippen LogP contribution in [0.2, 0.25) is 0 Å². The zero-order chi connectivity index (χ0) is 13.1. The van der Waals surface area contributed by atoms with Gasteiger partial charge in [-0.3, -0.25) is 0 Å². The van der Waals surface area contributed by atoms with E-state index in [0.29, 0.717) is 5.13 Å². The van der Waals surface area contributed by atoms with Crippen LogP contribution in [0.25, 0.3) is 0 Å². The number of aryl methyl sites for hydroxylation is 2. The number of benzene rings is 1. The molecule has 0 amide bonds. The molecule has 0 aliphatic heterocycles. The smallest absolute Gasteiger partial charge is 0.181 e. The fraction of sp³-hybridized carbons (Fsp3) is 0.308. The maximum Gasteiger partial charge on any atom is 0.181 e. The molecule has 2 rings (SSSR count). The monoisotopic (exact) mass is 325 g/mol. The summed E-state index contributed by atoms with van der Waals surface area (Å²) in [6.07, 6.45) is 1.98. The second kappa shape index (κ2) is 5.71. The van der Waals surface area contributed by atoms with E-state index < -0.39 is 0 Å². The van der Waals surface area contributed by atoms with E-state index in [1.807, 2.05) is 14.1 Å². The standard InChI is InChI=1S/C13H16BrN3S/c1-17(2)10-6-3-9(4-7-10)5-8-11-12(14)16-13(15)18-11/h3-4,6-7H,5,8H2,1-2H3,(H2,15,16). The van der Waals surface area contributed by atoms with Gasteiger partial charge in [0.25, 0.3) is 0 Å². The number of aromatic nitrogens is 1. The summed E-state index contributed by atoms with van der Waals surface area (Å²) in [4.78, 5) is 7.48. The Morgan fingerprint density at radius 3 is 2.39 bits per heavy atom. The highest BCUT2D eigenvalue weighted by Gasteiger charge is 2.06. The molecule has 3 nitrogen and oxygen atoms in total. The van der Waals surface area contributed by atoms with Crippen LogP contribution in [0.1, 0.15) is 10.4 Å². The molecule has 1 aromatic carbocycles. The lowest BCUT2D eigenvalue weighted by atomic mass is 10.1. The Hall–Kier alpha value is -1.07. The summed E-state index contributed by atoms with van der Waals surface area (Å²) >= 11 is 4.99. The number of hydrogen-bond acceptors (Lipinski definition) is 4. The number of nitrogens with zero attached hydrogens (tertiary/aromatic N) is 2. The lowest BCUT2D eigenvalue weighted by Gasteiger charge is -2.12. The predicted molar refractivity (Wildman–Crippen MR) is 82.4 cm³/mol. The second-order valence-corrected chi connectivity index (χ2v) is 6.19. The van der Waals surface area contributed by atoms with Crippen molar-refractivity contribution in [2.24, 2.45) is 0 Å². The third-order valence-electron chi connectivity index (χ3n) is 2.76. The van der Waals surface area contributed by atoms with Crippen molar-refractivity contribution < 1.29 is 0 Å². The first-order valence-electron chi connectivity index (χ1n) is 5.73. The molecule has 0 spiro atoms. The van der Waals surface area contributed by atoms with Crippen LogP contribution in [-0.2, 0) is 12.8 Å². The van der Waals surface area contributed by atoms with Crippen molar-refractivity contribution in [3.8, 4) is 0 Å². The van der Waals surface area contributed by atoms with Crippen LogP contribution < -0.4 is 10.6 Å². The Morgan fingerprint density at radius 2 is 1.89 bits per heavy atom. The van der Waals surface area contributed by atoms with Crippen molar-refractivity contribution in [2.75, 3.05) is 24.7 Å². The highest BCUT2D eigenvalue weighted by molar-refractivity contribution is 9.10. The molecule has 0 fully saturated rings. The van der Waals surface area contributed by atoms with Gasteiger partial charge < -0.3 is 10.6 Å². The van der Waals surface area contributed by atoms with E-state index in [1.54, 1.807) is 11.3 Å². The van der Waals surface area contributed by atoms with Gasteiger partial charge in [-0.1, -0.05) is 12.1 Å². The Kier molecular flexibility index (Phi) is 4.24. The Bertz CT molecular complexity index is 520. The van der Waals surface area contributed by atoms with Crippen molar-refractivity contribution in [2.45, 2.75) is 12.8 Å². The first-order valence-corrected chi connectivity index (χ1v) is 7.34. The van der Waals surface area contributed by atoms with Crippen LogP contribution in [0.5, 0.6) is 0 Å². The number of nitrogens with two attached hydrogens (primary N) is 1. The minimum Gasteiger partial charge on any atom is -0.378 e. The van der Waals surface area contributed by atoms with Crippen LogP contribution in [0.15, 0.2) is 28.9 Å². The Balaban J connectivity index is 2.00. The molecule has 0 unspecified atom stereocenters. The Morgan fingerprint density at radius 1 is 1.22 bits per heavy atom. The van der Waals surface area contributed by atoms with Crippen LogP contribution in [0.3, 0.4) is 0 Å². The molecular weight excluding hydrogens is 310 g/mol. The highest BCUT2D eigenvalue weighted by Crippen LogP contribution is 2.26. The van der Waals surface area contributed by atoms with Gasteiger partial charge in [-0.05, 0) is 46.5 Å². The lowest BCUT2D eigenvalue weighted by Crippen LogP contribution is -2.08. The van der Waals surface area contributed by atoms with Crippen LogP contribution in [0.4, 0.5) is 10.8 Å². The fourth-order valence-electron chi connectivity index (χ4n) is 1.72. The largest absolute Gasteiger partial charge is 0.378 e. The van der Waals surface area contributed by atoms with Gasteiger partial charge in [0.1, 0.15) is 4.60 Å². The molecule has 0 aliphatic carbocycles. The fourth-order valence-corrected chi connectivity index (χ4v) is 3.20. The molecule has 0 aliphatic rings. The third kappa shape index (κ3) is 3.23. The molecule has 0 radical (unpaired) electrons. The minimum absolute atomic E-state index is 0.625. The number of halogens is 1. The summed E-state index contributed by atoms with van der Waals surface area (Å²) < 4.78 is 0.884. The average molecular weight is 326 g/mol. The molecular formula is C13H16BrN3S. The molecule has 0 saturated carbocycles. The van der Waals surface area contributed by atoms with Crippen molar-refractivity contribution in [1.29, 1.82) is 0 Å². The molecule has 1 heterocycles. The Labute approximate surface area is 120 Å². The molecule has 5 heteroatoms. The van der Waals surface area contributed by atoms with Crippen molar-refractivity contribution in [1.82, 2.24) is 4.98 Å². The SMILES string of the molecule is CN(C)c1ccc(CCc2sc(N)nc2Br)cc1. The predicted octanol–water partition coefficient (Wildman–Crippen LogP) is 3.34. The molecule has 96 valence electrons. The average Bonchev–Trinajstić information content (AvgIpc) is 2.66. The normalized spacial score (nSPS) is 10.6. The first kappa shape index (κ1) is 13.4. The zero-order valence-electron chi connectivity index (χ0n) is 10.5. The van der Waals surface area contributed by atoms with E-state index in [9.17, 15) is 0 Å². The van der Waals surface area contributed by atoms with Gasteiger partial charge in [0.05, 0.1) is 0 Å². The van der Waals surface area contributed by atoms with Gasteiger partial charge in [0.15, 0.2) is 5.13 Å². The molecule has 2 N–H and O–H groups in total. The second-order valence-electron chi connectivity index (χ2n) is 4.33. The summed E-state index contributed by atoms with van der Waals surface area (Å²) in [7, 11) is 4.10. The van der Waals surface area contributed by atoms with E-state index in [4.69, 9.17) is 5.73 Å². The number of anilines is 2. The van der Waals surface area contributed by atoms with E-state index in [2.05, 4.69) is 50.1 Å². The molecule has 18 heavy (non-hydrogen) atoms. The van der Waals surface area contributed by atoms with Gasteiger partial charge in [0, 0.05) is 24.7 Å². The summed E-state index contributed by atoms with van der Waals surface area (Å²) in [5.41, 5.74) is 8.23. The highest BCUT2D eigenvalue weighted by atomic mass is 79.9. The molecule has 0 bridgehead atoms. The van der Waals surface area contributed by atoms with Gasteiger partial charge in [0.2, 0.25) is 0 Å². The van der Waals surface area contributed by atoms with Gasteiger partial charge in [-0.15, -0.1) is 11.3 Å². The van der Waals surface area contributed by atoms with Crippen LogP contribution >= 0.6 is 27.3 Å². The zero-order valence-corrected chi connectivity index (χ0v) is 12.9. The van der Waals surface area contributed by atoms with Gasteiger partial charge >= 0.3 is 0 Å². The number of rotatable bonds is 4. The summed E-state index contributed by atoms with van der Waals surface area (Å²) in [6, 6.07) is 8.64. The van der Waals surface area contributed by atoms with Crippen molar-refractivity contribution >= 4 is 38.1 Å². The molecule has 1 aromatic heterocycles. The van der Waals surface area contributed by atoms with Crippen molar-refractivity contribution in [3.05, 3.63) is 39.3 Å². The van der Waals surface area contributed by atoms with E-state index in [1.165, 1.54) is 16.1 Å². The quantitative estimate of drug-likeness (QED) is 0.937. The van der Waals surface area contributed by atoms with Crippen molar-refractivity contribution in [3.63, 3.8) is 0 Å². The van der Waals surface area contributed by atoms with E-state index in [0.717, 1.165) is 17.4 Å². The maximum absolute atomic E-state index is 5.67. The van der Waals surface area contributed by atoms with Crippen LogP contribution in [0, 0.1) is 0 Å². The minimum atomic E-state index is 0.625. The van der Waals surface area contributed by atoms with Gasteiger partial charge in [-0.25, -0.2) is 4.98 Å². The lowest BCUT2D eigenvalue weighted by molar-refractivity contribution is 0.968. The maximum atomic E-state index is 5.67. The summed E-state index contributed by atoms with van der Waals surface area (Å²) in [5.74, 6) is 0. The third-order valence-corrected chi connectivity index (χ3v) is 4.62. The van der Waals surface area contributed by atoms with E-state index >= 15 is 0 Å². The van der Waals surface area contributed by atoms with Crippen LogP contribution in [-0.4, -0.2) is 19.1 Å². The first-order chi connectivity index (χ1) is 8.56. The molecule has 2 aromatic rings. The van der Waals surface area contributed by atoms with Gasteiger partial charge in [-0.2, -0.15) is 0 Å².